The van der Waals surface area contributed by atoms with Crippen molar-refractivity contribution in [1.29, 1.82) is 0 Å². The highest BCUT2D eigenvalue weighted by Gasteiger charge is 2.50. The van der Waals surface area contributed by atoms with Crippen molar-refractivity contribution in [3.63, 3.8) is 0 Å². The number of hydrogen-bond donors (Lipinski definition) is 3. The molecule has 3 saturated heterocycles. The number of nitrogens with zero attached hydrogens (tertiary/aromatic N) is 4. The van der Waals surface area contributed by atoms with Crippen LogP contribution in [-0.4, -0.2) is 85.7 Å². The SMILES string of the molecule is CC(C)c1ccccc1[C@H]1CCCN1C1CC2(CCN(c3ccc(C(=O)NS(=O)(=O)c4cc5c(c([N+](=O)[O-])c4)N[C@@H](C4CCOCC4)CO5)c(Oc4cc5cc[nH]c5nc4Cl)c3)CC2)C1. The molecule has 2 aromatic heterocycles. The van der Waals surface area contributed by atoms with Crippen molar-refractivity contribution in [1.82, 2.24) is 19.6 Å². The van der Waals surface area contributed by atoms with E-state index in [1.807, 2.05) is 6.07 Å². The number of halogens is 1. The molecular weight excluding hydrogens is 870 g/mol. The van der Waals surface area contributed by atoms with Gasteiger partial charge in [0, 0.05) is 73.9 Å². The first kappa shape index (κ1) is 43.5. The molecule has 10 rings (SSSR count). The molecule has 4 aliphatic heterocycles. The van der Waals surface area contributed by atoms with E-state index < -0.39 is 31.4 Å². The third-order valence-corrected chi connectivity index (χ3v) is 16.1. The summed E-state index contributed by atoms with van der Waals surface area (Å²) in [5, 5.41) is 16.3. The molecule has 1 spiro atoms. The minimum Gasteiger partial charge on any atom is -0.489 e. The molecule has 0 bridgehead atoms. The van der Waals surface area contributed by atoms with Crippen LogP contribution in [0.1, 0.15) is 98.7 Å². The summed E-state index contributed by atoms with van der Waals surface area (Å²) in [6, 6.07) is 20.5. The zero-order valence-electron chi connectivity index (χ0n) is 36.6. The molecule has 1 amide bonds. The predicted octanol–water partition coefficient (Wildman–Crippen LogP) is 9.34. The van der Waals surface area contributed by atoms with Crippen LogP contribution in [0.25, 0.3) is 11.0 Å². The predicted molar refractivity (Wildman–Crippen MR) is 248 cm³/mol. The Kier molecular flexibility index (Phi) is 11.7. The number of amides is 1. The number of nitrogens with one attached hydrogen (secondary N) is 3. The van der Waals surface area contributed by atoms with Crippen LogP contribution in [0.5, 0.6) is 17.2 Å². The highest BCUT2D eigenvalue weighted by atomic mass is 35.5. The first-order chi connectivity index (χ1) is 31.3. The second-order valence-electron chi connectivity index (χ2n) is 18.7. The lowest BCUT2D eigenvalue weighted by atomic mass is 9.59. The van der Waals surface area contributed by atoms with Gasteiger partial charge >= 0.3 is 0 Å². The second-order valence-corrected chi connectivity index (χ2v) is 20.8. The van der Waals surface area contributed by atoms with E-state index in [1.54, 1.807) is 24.4 Å². The number of nitro groups is 1. The number of anilines is 2. The lowest BCUT2D eigenvalue weighted by Crippen LogP contribution is -2.54. The molecule has 1 saturated carbocycles. The molecule has 0 unspecified atom stereocenters. The molecule has 1 aliphatic carbocycles. The summed E-state index contributed by atoms with van der Waals surface area (Å²) in [6.07, 6.45) is 10.1. The maximum Gasteiger partial charge on any atom is 0.297 e. The quantitative estimate of drug-likeness (QED) is 0.0650. The van der Waals surface area contributed by atoms with E-state index in [2.05, 4.69) is 67.9 Å². The lowest BCUT2D eigenvalue weighted by molar-refractivity contribution is -0.384. The summed E-state index contributed by atoms with van der Waals surface area (Å²) in [7, 11) is -4.67. The number of nitro benzene ring substituents is 1. The molecule has 17 heteroatoms. The fourth-order valence-corrected chi connectivity index (χ4v) is 12.2. The number of ether oxygens (including phenoxy) is 3. The maximum absolute atomic E-state index is 14.1. The van der Waals surface area contributed by atoms with Gasteiger partial charge in [0.2, 0.25) is 0 Å². The van der Waals surface area contributed by atoms with Crippen molar-refractivity contribution >= 4 is 55.6 Å². The molecule has 15 nitrogen and oxygen atoms in total. The van der Waals surface area contributed by atoms with Gasteiger partial charge in [0.15, 0.2) is 22.3 Å². The number of pyridine rings is 1. The monoisotopic (exact) mass is 923 g/mol. The van der Waals surface area contributed by atoms with Gasteiger partial charge in [-0.2, -0.15) is 0 Å². The van der Waals surface area contributed by atoms with Gasteiger partial charge in [0.1, 0.15) is 18.0 Å². The highest BCUT2D eigenvalue weighted by Crippen LogP contribution is 2.54. The molecule has 4 fully saturated rings. The zero-order chi connectivity index (χ0) is 45.0. The number of aromatic amines is 1. The van der Waals surface area contributed by atoms with Crippen LogP contribution in [0.3, 0.4) is 0 Å². The van der Waals surface area contributed by atoms with Crippen LogP contribution in [-0.2, 0) is 14.8 Å². The van der Waals surface area contributed by atoms with Crippen LogP contribution in [0.4, 0.5) is 17.1 Å². The molecule has 6 heterocycles. The standard InChI is InChI=1S/C48H54ClN7O8S/c1-29(2)35-6-3-4-7-36(35)39-8-5-17-55(39)33-26-48(27-33)14-18-54(19-15-48)32-9-10-37(41(23-32)64-43-22-31-11-16-50-46(31)52-45(43)49)47(57)53-65(60,61)34-24-40(56(58)59)44-42(25-34)63-28-38(51-44)30-12-20-62-21-13-30/h3-4,6-7,9-11,16,22-25,29-30,33,38-39,51H,5,8,12-15,17-21,26-28H2,1-2H3,(H,50,52)(H,53,57)/t38-,39-/m1/s1. The van der Waals surface area contributed by atoms with Gasteiger partial charge in [-0.3, -0.25) is 19.8 Å². The summed E-state index contributed by atoms with van der Waals surface area (Å²) in [5.74, 6) is -0.0726. The first-order valence-electron chi connectivity index (χ1n) is 22.8. The Balaban J connectivity index is 0.872. The van der Waals surface area contributed by atoms with Gasteiger partial charge in [0.05, 0.1) is 21.4 Å². The molecule has 0 radical (unpaired) electrons. The number of H-pyrrole nitrogens is 1. The average molecular weight is 925 g/mol. The van der Waals surface area contributed by atoms with E-state index in [0.717, 1.165) is 62.5 Å². The normalized spacial score (nSPS) is 21.4. The van der Waals surface area contributed by atoms with Crippen molar-refractivity contribution in [3.05, 3.63) is 105 Å². The number of aromatic nitrogens is 2. The third kappa shape index (κ3) is 8.49. The topological polar surface area (TPSA) is 181 Å². The van der Waals surface area contributed by atoms with E-state index in [9.17, 15) is 23.3 Å². The summed E-state index contributed by atoms with van der Waals surface area (Å²) in [4.78, 5) is 37.8. The van der Waals surface area contributed by atoms with E-state index >= 15 is 0 Å². The number of benzene rings is 3. The first-order valence-corrected chi connectivity index (χ1v) is 24.6. The summed E-state index contributed by atoms with van der Waals surface area (Å²) >= 11 is 6.60. The number of carbonyl (C=O) groups is 1. The van der Waals surface area contributed by atoms with E-state index in [0.29, 0.717) is 36.9 Å². The molecular formula is C48H54ClN7O8S. The molecule has 65 heavy (non-hydrogen) atoms. The molecule has 5 aliphatic rings. The van der Waals surface area contributed by atoms with Crippen LogP contribution in [0.15, 0.2) is 77.8 Å². The highest BCUT2D eigenvalue weighted by molar-refractivity contribution is 7.90. The molecule has 3 N–H and O–H groups in total. The maximum atomic E-state index is 14.1. The van der Waals surface area contributed by atoms with E-state index in [-0.39, 0.29) is 57.6 Å². The van der Waals surface area contributed by atoms with Crippen molar-refractivity contribution in [2.75, 3.05) is 49.7 Å². The van der Waals surface area contributed by atoms with Crippen molar-refractivity contribution in [3.8, 4) is 17.2 Å². The van der Waals surface area contributed by atoms with Gasteiger partial charge < -0.3 is 29.4 Å². The average Bonchev–Trinajstić information content (AvgIpc) is 3.97. The van der Waals surface area contributed by atoms with Gasteiger partial charge in [-0.1, -0.05) is 49.7 Å². The fraction of sp³-hybridized carbons (Fsp3) is 0.458. The largest absolute Gasteiger partial charge is 0.489 e. The molecule has 342 valence electrons. The third-order valence-electron chi connectivity index (χ3n) is 14.5. The molecule has 3 aromatic carbocycles. The summed E-state index contributed by atoms with van der Waals surface area (Å²) in [5.41, 5.74) is 4.14. The Morgan fingerprint density at radius 3 is 2.57 bits per heavy atom. The summed E-state index contributed by atoms with van der Waals surface area (Å²) in [6.45, 7) is 8.70. The number of carbonyl (C=O) groups excluding carboxylic acids is 1. The number of rotatable bonds is 11. The summed E-state index contributed by atoms with van der Waals surface area (Å²) < 4.78 is 47.8. The number of likely N-dealkylation sites (tertiary alicyclic amines) is 1. The number of piperidine rings is 1. The molecule has 2 atom stereocenters. The van der Waals surface area contributed by atoms with Crippen LogP contribution >= 0.6 is 11.6 Å². The Labute approximate surface area is 383 Å². The fourth-order valence-electron chi connectivity index (χ4n) is 11.0. The Bertz CT molecular complexity index is 2740. The van der Waals surface area contributed by atoms with E-state index in [1.165, 1.54) is 48.9 Å². The van der Waals surface area contributed by atoms with Gasteiger partial charge in [-0.25, -0.2) is 18.1 Å². The Morgan fingerprint density at radius 2 is 1.80 bits per heavy atom. The van der Waals surface area contributed by atoms with Crippen LogP contribution in [0.2, 0.25) is 5.15 Å². The molecule has 5 aromatic rings. The Morgan fingerprint density at radius 1 is 1.02 bits per heavy atom. The van der Waals surface area contributed by atoms with Crippen molar-refractivity contribution < 1.29 is 32.3 Å². The number of fused-ring (bicyclic) bond motifs is 2. The zero-order valence-corrected chi connectivity index (χ0v) is 38.1. The van der Waals surface area contributed by atoms with E-state index in [4.69, 9.17) is 25.8 Å². The number of sulfonamides is 1. The van der Waals surface area contributed by atoms with Crippen molar-refractivity contribution in [2.45, 2.75) is 94.2 Å². The van der Waals surface area contributed by atoms with Crippen LogP contribution in [0, 0.1) is 21.4 Å². The lowest BCUT2D eigenvalue weighted by Gasteiger charge is -2.56. The smallest absolute Gasteiger partial charge is 0.297 e. The Hall–Kier alpha value is -5.42. The minimum atomic E-state index is -4.67. The van der Waals surface area contributed by atoms with Gasteiger partial charge in [-0.15, -0.1) is 0 Å². The second kappa shape index (κ2) is 17.4. The minimum absolute atomic E-state index is 0.0133. The van der Waals surface area contributed by atoms with Gasteiger partial charge in [0.25, 0.3) is 21.6 Å². The van der Waals surface area contributed by atoms with Crippen molar-refractivity contribution in [2.24, 2.45) is 11.3 Å². The van der Waals surface area contributed by atoms with Crippen LogP contribution < -0.4 is 24.4 Å². The van der Waals surface area contributed by atoms with Gasteiger partial charge in [-0.05, 0) is 111 Å². The number of hydrogen-bond acceptors (Lipinski definition) is 12.